The van der Waals surface area contributed by atoms with Crippen LogP contribution in [0.15, 0.2) is 12.3 Å². The summed E-state index contributed by atoms with van der Waals surface area (Å²) in [5.41, 5.74) is 2.56. The largest absolute Gasteiger partial charge is 0.496 e. The Labute approximate surface area is 125 Å². The Balaban J connectivity index is 3.07. The van der Waals surface area contributed by atoms with Gasteiger partial charge >= 0.3 is 0 Å². The van der Waals surface area contributed by atoms with Gasteiger partial charge in [-0.2, -0.15) is 0 Å². The van der Waals surface area contributed by atoms with E-state index in [0.29, 0.717) is 0 Å². The molecule has 1 rings (SSSR count). The Morgan fingerprint density at radius 2 is 1.75 bits per heavy atom. The molecule has 0 saturated carbocycles. The van der Waals surface area contributed by atoms with E-state index in [4.69, 9.17) is 9.72 Å². The van der Waals surface area contributed by atoms with E-state index in [9.17, 15) is 0 Å². The van der Waals surface area contributed by atoms with Gasteiger partial charge in [0.2, 0.25) is 0 Å². The van der Waals surface area contributed by atoms with Gasteiger partial charge < -0.3 is 4.74 Å². The minimum absolute atomic E-state index is 0.153. The monoisotopic (exact) mass is 277 g/mol. The molecule has 0 fully saturated rings. The van der Waals surface area contributed by atoms with Gasteiger partial charge in [-0.3, -0.25) is 4.98 Å². The van der Waals surface area contributed by atoms with Gasteiger partial charge in [-0.25, -0.2) is 0 Å². The van der Waals surface area contributed by atoms with Gasteiger partial charge in [-0.15, -0.1) is 0 Å². The topological polar surface area (TPSA) is 22.1 Å². The Morgan fingerprint density at radius 1 is 1.15 bits per heavy atom. The summed E-state index contributed by atoms with van der Waals surface area (Å²) in [5, 5.41) is 0. The van der Waals surface area contributed by atoms with Crippen LogP contribution in [0.4, 0.5) is 0 Å². The third-order valence-electron chi connectivity index (χ3n) is 5.01. The predicted molar refractivity (Wildman–Crippen MR) is 86.5 cm³/mol. The van der Waals surface area contributed by atoms with Crippen molar-refractivity contribution < 1.29 is 4.74 Å². The molecule has 0 amide bonds. The van der Waals surface area contributed by atoms with Crippen LogP contribution in [0.5, 0.6) is 5.75 Å². The van der Waals surface area contributed by atoms with Gasteiger partial charge in [-0.1, -0.05) is 47.5 Å². The Hall–Kier alpha value is -1.05. The minimum Gasteiger partial charge on any atom is -0.496 e. The number of rotatable bonds is 8. The molecule has 0 aliphatic rings. The Kier molecular flexibility index (Phi) is 6.51. The lowest BCUT2D eigenvalue weighted by Gasteiger charge is -2.27. The summed E-state index contributed by atoms with van der Waals surface area (Å²) in [6.07, 6.45) is 7.73. The van der Waals surface area contributed by atoms with E-state index >= 15 is 0 Å². The molecule has 2 heteroatoms. The molecule has 0 aliphatic carbocycles. The molecule has 20 heavy (non-hydrogen) atoms. The van der Waals surface area contributed by atoms with Gasteiger partial charge in [0.05, 0.1) is 7.11 Å². The molecule has 1 aromatic rings. The lowest BCUT2D eigenvalue weighted by Crippen LogP contribution is -2.21. The van der Waals surface area contributed by atoms with Crippen molar-refractivity contribution in [3.05, 3.63) is 23.5 Å². The van der Waals surface area contributed by atoms with Crippen molar-refractivity contribution in [3.63, 3.8) is 0 Å². The molecule has 0 spiro atoms. The van der Waals surface area contributed by atoms with Gasteiger partial charge in [-0.05, 0) is 25.2 Å². The van der Waals surface area contributed by atoms with E-state index in [2.05, 4.69) is 40.7 Å². The average Bonchev–Trinajstić information content (AvgIpc) is 2.51. The summed E-state index contributed by atoms with van der Waals surface area (Å²) in [4.78, 5) is 4.74. The van der Waals surface area contributed by atoms with Crippen molar-refractivity contribution in [1.29, 1.82) is 0 Å². The number of aromatic nitrogens is 1. The first-order chi connectivity index (χ1) is 9.54. The molecule has 0 unspecified atom stereocenters. The molecule has 0 aromatic carbocycles. The van der Waals surface area contributed by atoms with Crippen LogP contribution in [-0.2, 0) is 11.8 Å². The summed E-state index contributed by atoms with van der Waals surface area (Å²) >= 11 is 0. The highest BCUT2D eigenvalue weighted by Crippen LogP contribution is 2.33. The van der Waals surface area contributed by atoms with E-state index in [1.807, 2.05) is 6.20 Å². The molecule has 2 nitrogen and oxygen atoms in total. The van der Waals surface area contributed by atoms with Crippen LogP contribution in [0.1, 0.15) is 71.6 Å². The Bertz CT molecular complexity index is 406. The van der Waals surface area contributed by atoms with Crippen LogP contribution in [0, 0.1) is 5.92 Å². The van der Waals surface area contributed by atoms with Crippen LogP contribution in [0.3, 0.4) is 0 Å². The fourth-order valence-corrected chi connectivity index (χ4v) is 2.64. The van der Waals surface area contributed by atoms with Crippen molar-refractivity contribution in [3.8, 4) is 5.75 Å². The number of methoxy groups -OCH3 is 1. The van der Waals surface area contributed by atoms with Gasteiger partial charge in [0.1, 0.15) is 5.75 Å². The van der Waals surface area contributed by atoms with Crippen molar-refractivity contribution in [1.82, 2.24) is 4.98 Å². The number of ether oxygens (including phenoxy) is 1. The number of hydrogen-bond acceptors (Lipinski definition) is 2. The standard InChI is InChI=1S/C18H31NO/c1-7-14(8-2)11-15-13-19-17(12-16(15)20-6)18(5,9-3)10-4/h12-14H,7-11H2,1-6H3. The lowest BCUT2D eigenvalue weighted by atomic mass is 9.80. The zero-order valence-electron chi connectivity index (χ0n) is 14.1. The minimum atomic E-state index is 0.153. The molecule has 0 aliphatic heterocycles. The highest BCUT2D eigenvalue weighted by atomic mass is 16.5. The third-order valence-corrected chi connectivity index (χ3v) is 5.01. The molecule has 0 radical (unpaired) electrons. The fraction of sp³-hybridized carbons (Fsp3) is 0.722. The predicted octanol–water partition coefficient (Wildman–Crippen LogP) is 5.15. The van der Waals surface area contributed by atoms with Crippen molar-refractivity contribution in [2.45, 2.75) is 72.1 Å². The molecule has 114 valence electrons. The van der Waals surface area contributed by atoms with Crippen LogP contribution in [-0.4, -0.2) is 12.1 Å². The average molecular weight is 277 g/mol. The number of hydrogen-bond donors (Lipinski definition) is 0. The van der Waals surface area contributed by atoms with Crippen molar-refractivity contribution >= 4 is 0 Å². The fourth-order valence-electron chi connectivity index (χ4n) is 2.64. The smallest absolute Gasteiger partial charge is 0.125 e. The maximum Gasteiger partial charge on any atom is 0.125 e. The molecule has 0 atom stereocenters. The second kappa shape index (κ2) is 7.66. The van der Waals surface area contributed by atoms with Gasteiger partial charge in [0.25, 0.3) is 0 Å². The first-order valence-corrected chi connectivity index (χ1v) is 8.07. The van der Waals surface area contributed by atoms with E-state index in [-0.39, 0.29) is 5.41 Å². The summed E-state index contributed by atoms with van der Waals surface area (Å²) in [6.45, 7) is 11.3. The number of pyridine rings is 1. The normalized spacial score (nSPS) is 11.9. The highest BCUT2D eigenvalue weighted by molar-refractivity contribution is 5.36. The molecule has 0 saturated heterocycles. The van der Waals surface area contributed by atoms with E-state index < -0.39 is 0 Å². The van der Waals surface area contributed by atoms with Crippen LogP contribution < -0.4 is 4.74 Å². The summed E-state index contributed by atoms with van der Waals surface area (Å²) in [5.74, 6) is 1.73. The van der Waals surface area contributed by atoms with Gasteiger partial charge in [0.15, 0.2) is 0 Å². The Morgan fingerprint density at radius 3 is 2.20 bits per heavy atom. The number of nitrogens with zero attached hydrogens (tertiary/aromatic N) is 1. The van der Waals surface area contributed by atoms with E-state index in [1.165, 1.54) is 18.4 Å². The van der Waals surface area contributed by atoms with Crippen molar-refractivity contribution in [2.75, 3.05) is 7.11 Å². The highest BCUT2D eigenvalue weighted by Gasteiger charge is 2.25. The molecule has 1 aromatic heterocycles. The zero-order chi connectivity index (χ0) is 15.2. The summed E-state index contributed by atoms with van der Waals surface area (Å²) in [6, 6.07) is 2.16. The third kappa shape index (κ3) is 3.74. The molecule has 1 heterocycles. The lowest BCUT2D eigenvalue weighted by molar-refractivity contribution is 0.388. The van der Waals surface area contributed by atoms with Crippen LogP contribution in [0.25, 0.3) is 0 Å². The summed E-state index contributed by atoms with van der Waals surface area (Å²) in [7, 11) is 1.77. The van der Waals surface area contributed by atoms with Gasteiger partial charge in [0, 0.05) is 28.9 Å². The van der Waals surface area contributed by atoms with E-state index in [1.54, 1.807) is 7.11 Å². The zero-order valence-corrected chi connectivity index (χ0v) is 14.1. The second-order valence-corrected chi connectivity index (χ2v) is 6.04. The molecule has 0 bridgehead atoms. The SMILES string of the molecule is CCC(CC)Cc1cnc(C(C)(CC)CC)cc1OC. The van der Waals surface area contributed by atoms with E-state index in [0.717, 1.165) is 36.6 Å². The summed E-state index contributed by atoms with van der Waals surface area (Å²) < 4.78 is 5.62. The molecular formula is C18H31NO. The maximum atomic E-state index is 5.62. The van der Waals surface area contributed by atoms with Crippen molar-refractivity contribution in [2.24, 2.45) is 5.92 Å². The second-order valence-electron chi connectivity index (χ2n) is 6.04. The van der Waals surface area contributed by atoms with Crippen LogP contribution in [0.2, 0.25) is 0 Å². The molecular weight excluding hydrogens is 246 g/mol. The van der Waals surface area contributed by atoms with Crippen LogP contribution >= 0.6 is 0 Å². The first kappa shape index (κ1) is 17.0. The maximum absolute atomic E-state index is 5.62. The molecule has 0 N–H and O–H groups in total. The first-order valence-electron chi connectivity index (χ1n) is 8.07. The quantitative estimate of drug-likeness (QED) is 0.656.